The second-order valence-electron chi connectivity index (χ2n) is 17.8. The summed E-state index contributed by atoms with van der Waals surface area (Å²) in [6.07, 6.45) is 73.9. The van der Waals surface area contributed by atoms with Gasteiger partial charge in [0.15, 0.2) is 6.10 Å². The Bertz CT molecular complexity index is 1390. The lowest BCUT2D eigenvalue weighted by Gasteiger charge is -2.18. The fourth-order valence-corrected chi connectivity index (χ4v) is 7.27. The molecule has 0 radical (unpaired) electrons. The molecule has 0 rings (SSSR count). The van der Waals surface area contributed by atoms with Gasteiger partial charge in [-0.25, -0.2) is 0 Å². The van der Waals surface area contributed by atoms with Gasteiger partial charge in [0.05, 0.1) is 6.42 Å². The molecular weight excluding hydrogens is 829 g/mol. The van der Waals surface area contributed by atoms with Gasteiger partial charge in [0.25, 0.3) is 0 Å². The second-order valence-corrected chi connectivity index (χ2v) is 17.8. The van der Waals surface area contributed by atoms with E-state index in [0.29, 0.717) is 12.8 Å². The van der Waals surface area contributed by atoms with Crippen LogP contribution >= 0.6 is 0 Å². The summed E-state index contributed by atoms with van der Waals surface area (Å²) in [6.45, 7) is 6.32. The van der Waals surface area contributed by atoms with Crippen molar-refractivity contribution in [2.45, 2.75) is 245 Å². The monoisotopic (exact) mass is 929 g/mol. The molecule has 0 aliphatic rings. The Morgan fingerprint density at radius 1 is 0.328 bits per heavy atom. The van der Waals surface area contributed by atoms with Crippen LogP contribution in [0.1, 0.15) is 239 Å². The second kappa shape index (κ2) is 54.7. The largest absolute Gasteiger partial charge is 0.462 e. The molecule has 67 heavy (non-hydrogen) atoms. The molecule has 6 heteroatoms. The minimum Gasteiger partial charge on any atom is -0.462 e. The molecule has 0 aliphatic carbocycles. The molecule has 1 unspecified atom stereocenters. The Morgan fingerprint density at radius 3 is 0.985 bits per heavy atom. The first-order valence-corrected chi connectivity index (χ1v) is 27.4. The molecule has 0 aromatic rings. The van der Waals surface area contributed by atoms with E-state index in [0.717, 1.165) is 103 Å². The molecule has 1 atom stereocenters. The van der Waals surface area contributed by atoms with Crippen LogP contribution in [0.2, 0.25) is 0 Å². The molecule has 0 heterocycles. The van der Waals surface area contributed by atoms with E-state index < -0.39 is 12.1 Å². The summed E-state index contributed by atoms with van der Waals surface area (Å²) in [6, 6.07) is 0. The fraction of sp³-hybridized carbons (Fsp3) is 0.656. The Labute approximate surface area is 412 Å². The molecule has 0 saturated carbocycles. The van der Waals surface area contributed by atoms with Crippen molar-refractivity contribution in [3.63, 3.8) is 0 Å². The maximum atomic E-state index is 12.8. The predicted octanol–water partition coefficient (Wildman–Crippen LogP) is 18.3. The first-order valence-electron chi connectivity index (χ1n) is 27.4. The summed E-state index contributed by atoms with van der Waals surface area (Å²) >= 11 is 0. The summed E-state index contributed by atoms with van der Waals surface area (Å²) in [7, 11) is 0. The number of unbranched alkanes of at least 4 members (excludes halogenated alkanes) is 20. The molecule has 0 saturated heterocycles. The SMILES string of the molecule is CC/C=C\C/C=C\C/C=C\C/C=C\C/C=C\CC(=O)OC(COC(=O)CCCCCCCCCC/C=C\C/C=C\C/C=C\C/C=C\CC)COC(=O)CCCCCCCCCCCCCCC. The zero-order chi connectivity index (χ0) is 48.6. The van der Waals surface area contributed by atoms with E-state index in [-0.39, 0.29) is 31.6 Å². The Hall–Kier alpha value is -3.93. The van der Waals surface area contributed by atoms with Gasteiger partial charge in [0.2, 0.25) is 0 Å². The number of ether oxygens (including phenoxy) is 3. The summed E-state index contributed by atoms with van der Waals surface area (Å²) in [5, 5.41) is 0. The highest BCUT2D eigenvalue weighted by Gasteiger charge is 2.19. The van der Waals surface area contributed by atoms with Gasteiger partial charge in [-0.3, -0.25) is 14.4 Å². The standard InChI is InChI=1S/C61H100O6/c1-4-7-10-13-16-19-22-25-27-28-29-30-31-32-34-36-39-42-45-48-51-54-60(63)66-57-58(56-65-59(62)53-50-47-44-41-38-35-24-21-18-15-12-9-6-3)67-61(64)55-52-49-46-43-40-37-33-26-23-20-17-14-11-8-5-2/h7-8,10-11,16-17,19-20,25-27,29-30,33,40,43,49,52,58H,4-6,9,12-15,18,21-24,28,31-32,34-39,41-42,44-48,50-51,53-57H2,1-3H3/b10-7-,11-8-,19-16-,20-17-,27-25-,30-29-,33-26-,43-40-,52-49-. The van der Waals surface area contributed by atoms with E-state index in [2.05, 4.69) is 118 Å². The molecular formula is C61H100O6. The van der Waals surface area contributed by atoms with Gasteiger partial charge in [0, 0.05) is 12.8 Å². The maximum absolute atomic E-state index is 12.8. The molecule has 0 amide bonds. The third-order valence-electron chi connectivity index (χ3n) is 11.3. The average molecular weight is 929 g/mol. The van der Waals surface area contributed by atoms with E-state index in [1.54, 1.807) is 6.08 Å². The average Bonchev–Trinajstić information content (AvgIpc) is 3.33. The molecule has 0 fully saturated rings. The molecule has 6 nitrogen and oxygen atoms in total. The highest BCUT2D eigenvalue weighted by Crippen LogP contribution is 2.15. The van der Waals surface area contributed by atoms with Gasteiger partial charge in [-0.2, -0.15) is 0 Å². The quantitative estimate of drug-likeness (QED) is 0.0262. The Kier molecular flexibility index (Phi) is 51.5. The number of carbonyl (C=O) groups excluding carboxylic acids is 3. The van der Waals surface area contributed by atoms with Crippen molar-refractivity contribution in [3.8, 4) is 0 Å². The van der Waals surface area contributed by atoms with Gasteiger partial charge in [-0.1, -0.05) is 246 Å². The van der Waals surface area contributed by atoms with Gasteiger partial charge >= 0.3 is 17.9 Å². The minimum atomic E-state index is -0.835. The smallest absolute Gasteiger partial charge is 0.310 e. The van der Waals surface area contributed by atoms with Crippen molar-refractivity contribution in [2.24, 2.45) is 0 Å². The van der Waals surface area contributed by atoms with Crippen LogP contribution in [0, 0.1) is 0 Å². The van der Waals surface area contributed by atoms with Crippen LogP contribution in [-0.2, 0) is 28.6 Å². The highest BCUT2D eigenvalue weighted by atomic mass is 16.6. The van der Waals surface area contributed by atoms with E-state index in [4.69, 9.17) is 14.2 Å². The fourth-order valence-electron chi connectivity index (χ4n) is 7.27. The molecule has 0 N–H and O–H groups in total. The van der Waals surface area contributed by atoms with Crippen LogP contribution in [0.25, 0.3) is 0 Å². The zero-order valence-corrected chi connectivity index (χ0v) is 43.4. The molecule has 0 aromatic heterocycles. The van der Waals surface area contributed by atoms with Crippen LogP contribution in [0.15, 0.2) is 109 Å². The zero-order valence-electron chi connectivity index (χ0n) is 43.4. The van der Waals surface area contributed by atoms with E-state index in [1.807, 2.05) is 6.08 Å². The van der Waals surface area contributed by atoms with E-state index >= 15 is 0 Å². The van der Waals surface area contributed by atoms with Crippen LogP contribution in [0.4, 0.5) is 0 Å². The topological polar surface area (TPSA) is 78.9 Å². The molecule has 380 valence electrons. The summed E-state index contributed by atoms with van der Waals surface area (Å²) < 4.78 is 16.7. The number of rotatable bonds is 48. The van der Waals surface area contributed by atoms with Crippen molar-refractivity contribution in [1.82, 2.24) is 0 Å². The van der Waals surface area contributed by atoms with Crippen molar-refractivity contribution >= 4 is 17.9 Å². The first kappa shape index (κ1) is 63.1. The lowest BCUT2D eigenvalue weighted by molar-refractivity contribution is -0.166. The number of carbonyl (C=O) groups is 3. The minimum absolute atomic E-state index is 0.0934. The first-order chi connectivity index (χ1) is 33.0. The summed E-state index contributed by atoms with van der Waals surface area (Å²) in [5.41, 5.74) is 0. The Balaban J connectivity index is 4.47. The third-order valence-corrected chi connectivity index (χ3v) is 11.3. The number of hydrogen-bond acceptors (Lipinski definition) is 6. The summed E-state index contributed by atoms with van der Waals surface area (Å²) in [4.78, 5) is 38.0. The van der Waals surface area contributed by atoms with Gasteiger partial charge in [-0.05, 0) is 83.5 Å². The molecule has 0 aromatic carbocycles. The molecule has 0 aliphatic heterocycles. The van der Waals surface area contributed by atoms with Gasteiger partial charge in [0.1, 0.15) is 13.2 Å². The molecule has 0 spiro atoms. The van der Waals surface area contributed by atoms with Crippen molar-refractivity contribution < 1.29 is 28.6 Å². The normalized spacial score (nSPS) is 12.9. The van der Waals surface area contributed by atoms with Crippen molar-refractivity contribution in [1.29, 1.82) is 0 Å². The molecule has 0 bridgehead atoms. The third kappa shape index (κ3) is 52.9. The van der Waals surface area contributed by atoms with Crippen LogP contribution < -0.4 is 0 Å². The number of hydrogen-bond donors (Lipinski definition) is 0. The summed E-state index contributed by atoms with van der Waals surface area (Å²) in [5.74, 6) is -1.06. The van der Waals surface area contributed by atoms with E-state index in [9.17, 15) is 14.4 Å². The number of allylic oxidation sites excluding steroid dienone is 17. The highest BCUT2D eigenvalue weighted by molar-refractivity contribution is 5.72. The lowest BCUT2D eigenvalue weighted by atomic mass is 10.0. The van der Waals surface area contributed by atoms with Crippen LogP contribution in [0.5, 0.6) is 0 Å². The Morgan fingerprint density at radius 2 is 0.627 bits per heavy atom. The van der Waals surface area contributed by atoms with Crippen molar-refractivity contribution in [2.75, 3.05) is 13.2 Å². The predicted molar refractivity (Wildman–Crippen MR) is 288 cm³/mol. The van der Waals surface area contributed by atoms with Crippen LogP contribution in [-0.4, -0.2) is 37.2 Å². The van der Waals surface area contributed by atoms with Crippen LogP contribution in [0.3, 0.4) is 0 Å². The van der Waals surface area contributed by atoms with Gasteiger partial charge < -0.3 is 14.2 Å². The van der Waals surface area contributed by atoms with Crippen molar-refractivity contribution in [3.05, 3.63) is 109 Å². The lowest BCUT2D eigenvalue weighted by Crippen LogP contribution is -2.30. The number of esters is 3. The maximum Gasteiger partial charge on any atom is 0.310 e. The van der Waals surface area contributed by atoms with E-state index in [1.165, 1.54) is 96.3 Å². The van der Waals surface area contributed by atoms with Gasteiger partial charge in [-0.15, -0.1) is 0 Å².